The van der Waals surface area contributed by atoms with Crippen LogP contribution in [0.4, 0.5) is 11.4 Å². The quantitative estimate of drug-likeness (QED) is 0.0262. The third-order valence-electron chi connectivity index (χ3n) is 7.85. The number of ether oxygens (including phenoxy) is 1. The monoisotopic (exact) mass is 1290 g/mol. The van der Waals surface area contributed by atoms with Crippen molar-refractivity contribution in [3.63, 3.8) is 0 Å². The van der Waals surface area contributed by atoms with Gasteiger partial charge in [0.05, 0.1) is 18.5 Å². The van der Waals surface area contributed by atoms with Crippen molar-refractivity contribution in [2.45, 2.75) is 110 Å². The maximum absolute atomic E-state index is 13.9. The first kappa shape index (κ1) is 42.5. The highest BCUT2D eigenvalue weighted by molar-refractivity contribution is 14.1. The Morgan fingerprint density at radius 2 is 1.20 bits per heavy atom. The van der Waals surface area contributed by atoms with E-state index in [1.165, 1.54) is 51.4 Å². The van der Waals surface area contributed by atoms with Gasteiger partial charge in [-0.2, -0.15) is 0 Å². The van der Waals surface area contributed by atoms with Crippen LogP contribution in [0, 0.1) is 27.3 Å². The van der Waals surface area contributed by atoms with Crippen LogP contribution in [-0.4, -0.2) is 11.8 Å². The number of benzene rings is 2. The normalized spacial score (nSPS) is 12.9. The van der Waals surface area contributed by atoms with Crippen molar-refractivity contribution >= 4 is 159 Å². The van der Waals surface area contributed by atoms with Crippen LogP contribution in [-0.2, 0) is 9.59 Å². The number of nitrogens with two attached hydrogens (primary N) is 2. The van der Waals surface area contributed by atoms with Crippen LogP contribution in [0.15, 0.2) is 24.3 Å². The van der Waals surface area contributed by atoms with E-state index in [0.29, 0.717) is 27.1 Å². The smallest absolute Gasteiger partial charge is 0.322 e. The molecule has 4 N–H and O–H groups in total. The van der Waals surface area contributed by atoms with Crippen molar-refractivity contribution in [3.05, 3.63) is 51.3 Å². The number of unbranched alkanes of at least 4 members (excludes halogenated alkanes) is 11. The Bertz CT molecular complexity index is 1320. The highest BCUT2D eigenvalue weighted by Crippen LogP contribution is 2.40. The number of Topliss-reactive ketones (excluding diaryl/α,β-unsaturated/α-hetero) is 1. The molecule has 0 radical (unpaired) electrons. The Morgan fingerprint density at radius 1 is 0.711 bits per heavy atom. The zero-order chi connectivity index (χ0) is 33.5. The fourth-order valence-electron chi connectivity index (χ4n) is 5.19. The van der Waals surface area contributed by atoms with Crippen molar-refractivity contribution < 1.29 is 14.3 Å². The predicted molar refractivity (Wildman–Crippen MR) is 240 cm³/mol. The number of carbonyl (C=O) groups is 2. The molecule has 0 saturated carbocycles. The highest BCUT2D eigenvalue weighted by Gasteiger charge is 2.37. The molecule has 45 heavy (non-hydrogen) atoms. The van der Waals surface area contributed by atoms with Crippen LogP contribution in [0.5, 0.6) is 5.75 Å². The van der Waals surface area contributed by atoms with E-state index in [9.17, 15) is 9.59 Å². The number of ketones is 1. The molecule has 5 nitrogen and oxygen atoms in total. The molecular weight excluding hydrogens is 1250 g/mol. The van der Waals surface area contributed by atoms with Crippen molar-refractivity contribution in [2.75, 3.05) is 11.5 Å². The zero-order valence-corrected chi connectivity index (χ0v) is 39.0. The molecule has 0 spiro atoms. The van der Waals surface area contributed by atoms with Crippen molar-refractivity contribution in [2.24, 2.45) is 5.92 Å². The molecule has 2 aromatic rings. The summed E-state index contributed by atoms with van der Waals surface area (Å²) in [6.45, 7) is 4.20. The Hall–Kier alpha value is 1.30. The second-order valence-electron chi connectivity index (χ2n) is 11.4. The first-order valence-corrected chi connectivity index (χ1v) is 22.1. The topological polar surface area (TPSA) is 95.4 Å². The zero-order valence-electron chi connectivity index (χ0n) is 26.0. The molecule has 2 rings (SSSR count). The van der Waals surface area contributed by atoms with Crippen LogP contribution in [0.2, 0.25) is 0 Å². The van der Waals surface area contributed by atoms with Crippen LogP contribution in [0.1, 0.15) is 115 Å². The van der Waals surface area contributed by atoms with E-state index in [1.807, 2.05) is 19.1 Å². The first-order valence-electron chi connectivity index (χ1n) is 15.7. The standard InChI is InChI=1S/C34H44I6N2O3/c1-3-4-5-6-7-8-9-10-11-12-13-14-15-16-17-18-26(43)28(21(2)27-22(35)19-23(36)31(41)29(27)39)34(44)45-33-25(38)20-24(37)32(42)30(33)40/h10-11,19-21,28H,3-9,12-18,41-42H2,1-2H3. The molecule has 2 aromatic carbocycles. The summed E-state index contributed by atoms with van der Waals surface area (Å²) in [6, 6.07) is 3.89. The molecule has 11 heteroatoms. The molecule has 0 saturated heterocycles. The van der Waals surface area contributed by atoms with E-state index in [0.717, 1.165) is 55.5 Å². The minimum absolute atomic E-state index is 0.0858. The lowest BCUT2D eigenvalue weighted by Gasteiger charge is -2.25. The van der Waals surface area contributed by atoms with Gasteiger partial charge in [0.15, 0.2) is 5.75 Å². The maximum Gasteiger partial charge on any atom is 0.322 e. The summed E-state index contributed by atoms with van der Waals surface area (Å²) in [5.74, 6) is -1.56. The lowest BCUT2D eigenvalue weighted by Crippen LogP contribution is -2.33. The van der Waals surface area contributed by atoms with E-state index in [4.69, 9.17) is 16.2 Å². The third kappa shape index (κ3) is 13.9. The molecule has 0 fully saturated rings. The summed E-state index contributed by atoms with van der Waals surface area (Å²) in [7, 11) is 0. The van der Waals surface area contributed by atoms with Crippen molar-refractivity contribution in [1.82, 2.24) is 0 Å². The highest BCUT2D eigenvalue weighted by atomic mass is 127. The minimum atomic E-state index is -0.949. The summed E-state index contributed by atoms with van der Waals surface area (Å²) in [4.78, 5) is 27.7. The fraction of sp³-hybridized carbons (Fsp3) is 0.529. The van der Waals surface area contributed by atoms with Gasteiger partial charge in [0, 0.05) is 26.6 Å². The predicted octanol–water partition coefficient (Wildman–Crippen LogP) is 12.4. The molecule has 2 atom stereocenters. The van der Waals surface area contributed by atoms with Crippen molar-refractivity contribution in [1.29, 1.82) is 0 Å². The van der Waals surface area contributed by atoms with Gasteiger partial charge in [-0.3, -0.25) is 9.59 Å². The number of carbonyl (C=O) groups excluding carboxylic acids is 2. The summed E-state index contributed by atoms with van der Waals surface area (Å²) < 4.78 is 11.2. The number of esters is 1. The number of rotatable bonds is 20. The van der Waals surface area contributed by atoms with E-state index < -0.39 is 17.8 Å². The van der Waals surface area contributed by atoms with E-state index in [-0.39, 0.29) is 5.78 Å². The summed E-state index contributed by atoms with van der Waals surface area (Å²) in [6.07, 6.45) is 20.5. The molecule has 0 bridgehead atoms. The largest absolute Gasteiger partial charge is 0.424 e. The Labute approximate surface area is 352 Å². The number of halogens is 6. The van der Waals surface area contributed by atoms with E-state index >= 15 is 0 Å². The van der Waals surface area contributed by atoms with Gasteiger partial charge in [-0.25, -0.2) is 0 Å². The van der Waals surface area contributed by atoms with E-state index in [1.54, 1.807) is 0 Å². The molecule has 0 heterocycles. The summed E-state index contributed by atoms with van der Waals surface area (Å²) in [5.41, 5.74) is 14.8. The third-order valence-corrected chi connectivity index (χ3v) is 13.6. The van der Waals surface area contributed by atoms with Gasteiger partial charge in [-0.05, 0) is 185 Å². The van der Waals surface area contributed by atoms with Gasteiger partial charge in [0.2, 0.25) is 0 Å². The minimum Gasteiger partial charge on any atom is -0.424 e. The second-order valence-corrected chi connectivity index (χ2v) is 18.2. The second kappa shape index (κ2) is 22.9. The average Bonchev–Trinajstić information content (AvgIpc) is 2.99. The molecule has 250 valence electrons. The lowest BCUT2D eigenvalue weighted by atomic mass is 9.83. The Morgan fingerprint density at radius 3 is 1.78 bits per heavy atom. The van der Waals surface area contributed by atoms with Gasteiger partial charge in [-0.15, -0.1) is 0 Å². The average molecular weight is 1290 g/mol. The van der Waals surface area contributed by atoms with Gasteiger partial charge in [0.1, 0.15) is 11.7 Å². The Balaban J connectivity index is 2.01. The molecular formula is C34H44I6N2O3. The summed E-state index contributed by atoms with van der Waals surface area (Å²) in [5, 5.41) is 0. The molecule has 0 aliphatic heterocycles. The molecule has 0 aliphatic rings. The first-order chi connectivity index (χ1) is 21.4. The molecule has 0 aromatic heterocycles. The number of allylic oxidation sites excluding steroid dienone is 2. The van der Waals surface area contributed by atoms with Crippen LogP contribution >= 0.6 is 136 Å². The number of anilines is 2. The van der Waals surface area contributed by atoms with Crippen LogP contribution in [0.25, 0.3) is 0 Å². The van der Waals surface area contributed by atoms with Gasteiger partial charge < -0.3 is 16.2 Å². The number of hydrogen-bond acceptors (Lipinski definition) is 5. The number of nitrogen functional groups attached to an aromatic ring is 2. The van der Waals surface area contributed by atoms with Crippen molar-refractivity contribution in [3.8, 4) is 5.75 Å². The summed E-state index contributed by atoms with van der Waals surface area (Å²) >= 11 is 13.2. The SMILES string of the molecule is CCCCCCCCC=CCCCCCCCC(=O)C(C(=O)Oc1c(I)cc(I)c(N)c1I)C(C)c1c(I)cc(I)c(N)c1I. The number of hydrogen-bond donors (Lipinski definition) is 2. The molecule has 2 unspecified atom stereocenters. The van der Waals surface area contributed by atoms with E-state index in [2.05, 4.69) is 155 Å². The molecule has 0 aliphatic carbocycles. The molecule has 0 amide bonds. The van der Waals surface area contributed by atoms with Gasteiger partial charge in [-0.1, -0.05) is 77.4 Å². The van der Waals surface area contributed by atoms with Crippen LogP contribution < -0.4 is 16.2 Å². The van der Waals surface area contributed by atoms with Gasteiger partial charge >= 0.3 is 5.97 Å². The van der Waals surface area contributed by atoms with Crippen LogP contribution in [0.3, 0.4) is 0 Å². The fourth-order valence-corrected chi connectivity index (χ4v) is 13.1. The van der Waals surface area contributed by atoms with Gasteiger partial charge in [0.25, 0.3) is 0 Å². The lowest BCUT2D eigenvalue weighted by molar-refractivity contribution is -0.145. The maximum atomic E-state index is 13.9. The Kier molecular flexibility index (Phi) is 21.6.